The first-order chi connectivity index (χ1) is 19.7. The number of benzene rings is 1. The Morgan fingerprint density at radius 2 is 1.65 bits per heavy atom. The topological polar surface area (TPSA) is 141 Å². The van der Waals surface area contributed by atoms with E-state index in [9.17, 15) is 5.11 Å². The van der Waals surface area contributed by atoms with Gasteiger partial charge in [-0.25, -0.2) is 9.37 Å². The van der Waals surface area contributed by atoms with E-state index in [2.05, 4.69) is 40.4 Å². The first-order valence-electron chi connectivity index (χ1n) is 12.4. The minimum atomic E-state index is -0.960. The molecular weight excluding hydrogens is 509 g/mol. The number of anilines is 1. The zero-order valence-corrected chi connectivity index (χ0v) is 20.7. The van der Waals surface area contributed by atoms with Crippen LogP contribution in [-0.4, -0.2) is 45.2 Å². The summed E-state index contributed by atoms with van der Waals surface area (Å²) in [6.07, 6.45) is 10.4. The maximum absolute atomic E-state index is 16.1. The fraction of sp³-hybridized carbons (Fsp3) is 0.0345. The molecular formula is C29H20FN9O. The number of aliphatic hydroxyl groups is 1. The van der Waals surface area contributed by atoms with Gasteiger partial charge < -0.3 is 15.4 Å². The van der Waals surface area contributed by atoms with Gasteiger partial charge in [-0.3, -0.25) is 25.0 Å². The van der Waals surface area contributed by atoms with Crippen LogP contribution in [0.2, 0.25) is 0 Å². The number of aliphatic hydroxyl groups excluding tert-OH is 1. The molecule has 0 aliphatic rings. The number of rotatable bonds is 6. The van der Waals surface area contributed by atoms with E-state index < -0.39 is 12.0 Å². The molecule has 11 heteroatoms. The molecule has 40 heavy (non-hydrogen) atoms. The molecule has 194 valence electrons. The molecule has 1 unspecified atom stereocenters. The molecule has 0 saturated carbocycles. The van der Waals surface area contributed by atoms with Crippen molar-refractivity contribution in [3.63, 3.8) is 0 Å². The van der Waals surface area contributed by atoms with Crippen molar-refractivity contribution < 1.29 is 9.50 Å². The minimum Gasteiger partial charge on any atom is -0.369 e. The highest BCUT2D eigenvalue weighted by Crippen LogP contribution is 2.34. The fourth-order valence-corrected chi connectivity index (χ4v) is 4.66. The number of halogens is 1. The van der Waals surface area contributed by atoms with Crippen molar-refractivity contribution in [2.45, 2.75) is 6.23 Å². The highest BCUT2D eigenvalue weighted by molar-refractivity contribution is 5.97. The molecule has 7 aromatic rings. The number of hydrogen-bond donors (Lipinski definition) is 4. The Morgan fingerprint density at radius 1 is 0.825 bits per heavy atom. The van der Waals surface area contributed by atoms with Gasteiger partial charge in [0, 0.05) is 41.5 Å². The molecule has 0 radical (unpaired) electrons. The molecule has 4 N–H and O–H groups in total. The van der Waals surface area contributed by atoms with Crippen molar-refractivity contribution in [2.75, 3.05) is 5.32 Å². The molecule has 6 heterocycles. The summed E-state index contributed by atoms with van der Waals surface area (Å²) in [5, 5.41) is 21.0. The Balaban J connectivity index is 1.28. The van der Waals surface area contributed by atoms with Crippen molar-refractivity contribution in [1.29, 1.82) is 0 Å². The van der Waals surface area contributed by atoms with Gasteiger partial charge in [0.25, 0.3) is 0 Å². The van der Waals surface area contributed by atoms with Crippen LogP contribution in [0.1, 0.15) is 11.8 Å². The summed E-state index contributed by atoms with van der Waals surface area (Å²) in [7, 11) is 0. The minimum absolute atomic E-state index is 0.0933. The standard InChI is InChI=1S/C29H20FN9O/c30-24-23-21(15-34-25(24)18-10-19(12-32-11-18)35-29(40)17-4-2-1-3-5-17)38-39-27(23)28-36-22-14-33-13-20(26(22)37-28)16-6-8-31-9-7-16/h1-15,29,35,40H,(H,36,37)(H,38,39). The van der Waals surface area contributed by atoms with Crippen LogP contribution in [0, 0.1) is 5.82 Å². The van der Waals surface area contributed by atoms with Gasteiger partial charge in [0.15, 0.2) is 17.9 Å². The molecule has 7 rings (SSSR count). The molecule has 6 aromatic heterocycles. The van der Waals surface area contributed by atoms with Crippen molar-refractivity contribution >= 4 is 27.6 Å². The van der Waals surface area contributed by atoms with E-state index in [1.165, 1.54) is 12.4 Å². The molecule has 0 fully saturated rings. The molecule has 0 amide bonds. The van der Waals surface area contributed by atoms with Gasteiger partial charge in [-0.2, -0.15) is 5.10 Å². The number of H-pyrrole nitrogens is 2. The normalized spacial score (nSPS) is 12.2. The van der Waals surface area contributed by atoms with Crippen LogP contribution in [0.25, 0.3) is 55.8 Å². The summed E-state index contributed by atoms with van der Waals surface area (Å²) in [5.74, 6) is -0.183. The van der Waals surface area contributed by atoms with Gasteiger partial charge in [0.2, 0.25) is 0 Å². The van der Waals surface area contributed by atoms with Crippen LogP contribution in [-0.2, 0) is 0 Å². The van der Waals surface area contributed by atoms with Crippen LogP contribution >= 0.6 is 0 Å². The number of aromatic amines is 2. The lowest BCUT2D eigenvalue weighted by Gasteiger charge is -2.15. The van der Waals surface area contributed by atoms with Crippen molar-refractivity contribution in [1.82, 2.24) is 40.1 Å². The monoisotopic (exact) mass is 529 g/mol. The fourth-order valence-electron chi connectivity index (χ4n) is 4.66. The molecule has 0 bridgehead atoms. The summed E-state index contributed by atoms with van der Waals surface area (Å²) in [5.41, 5.74) is 5.57. The Labute approximate surface area is 226 Å². The van der Waals surface area contributed by atoms with E-state index in [0.717, 1.165) is 11.1 Å². The van der Waals surface area contributed by atoms with Crippen LogP contribution in [0.3, 0.4) is 0 Å². The van der Waals surface area contributed by atoms with Crippen molar-refractivity contribution in [2.24, 2.45) is 0 Å². The summed E-state index contributed by atoms with van der Waals surface area (Å²) >= 11 is 0. The second-order valence-corrected chi connectivity index (χ2v) is 9.11. The van der Waals surface area contributed by atoms with Gasteiger partial charge in [-0.15, -0.1) is 0 Å². The summed E-state index contributed by atoms with van der Waals surface area (Å²) in [4.78, 5) is 25.0. The Kier molecular flexibility index (Phi) is 5.68. The second-order valence-electron chi connectivity index (χ2n) is 9.11. The van der Waals surface area contributed by atoms with Gasteiger partial charge in [0.1, 0.15) is 11.4 Å². The number of pyridine rings is 4. The first kappa shape index (κ1) is 23.6. The average molecular weight is 530 g/mol. The third kappa shape index (κ3) is 4.10. The van der Waals surface area contributed by atoms with Crippen LogP contribution in [0.5, 0.6) is 0 Å². The number of nitrogens with zero attached hydrogens (tertiary/aromatic N) is 6. The quantitative estimate of drug-likeness (QED) is 0.214. The predicted molar refractivity (Wildman–Crippen MR) is 148 cm³/mol. The molecule has 0 aliphatic heterocycles. The molecule has 0 spiro atoms. The maximum atomic E-state index is 16.1. The molecule has 1 aromatic carbocycles. The van der Waals surface area contributed by atoms with Gasteiger partial charge >= 0.3 is 0 Å². The first-order valence-corrected chi connectivity index (χ1v) is 12.4. The summed E-state index contributed by atoms with van der Waals surface area (Å²) in [6.45, 7) is 0. The lowest BCUT2D eigenvalue weighted by atomic mass is 10.1. The average Bonchev–Trinajstić information content (AvgIpc) is 3.63. The SMILES string of the molecule is OC(Nc1cncc(-c2ncc3[nH]nc(-c4nc5c(-c6ccncc6)cncc5[nH]4)c3c2F)c1)c1ccccc1. The third-order valence-corrected chi connectivity index (χ3v) is 6.58. The van der Waals surface area contributed by atoms with Crippen LogP contribution in [0.4, 0.5) is 10.1 Å². The Bertz CT molecular complexity index is 1970. The Hall–Kier alpha value is -5.55. The lowest BCUT2D eigenvalue weighted by Crippen LogP contribution is -2.09. The largest absolute Gasteiger partial charge is 0.369 e. The zero-order valence-electron chi connectivity index (χ0n) is 20.7. The number of nitrogens with one attached hydrogen (secondary N) is 3. The van der Waals surface area contributed by atoms with E-state index in [4.69, 9.17) is 4.98 Å². The third-order valence-electron chi connectivity index (χ3n) is 6.58. The maximum Gasteiger partial charge on any atom is 0.161 e. The van der Waals surface area contributed by atoms with Crippen molar-refractivity contribution in [3.8, 4) is 33.9 Å². The molecule has 0 aliphatic carbocycles. The lowest BCUT2D eigenvalue weighted by molar-refractivity contribution is 0.208. The van der Waals surface area contributed by atoms with E-state index in [1.807, 2.05) is 30.3 Å². The number of hydrogen-bond acceptors (Lipinski definition) is 8. The number of imidazole rings is 1. The van der Waals surface area contributed by atoms with E-state index in [1.54, 1.807) is 49.2 Å². The second kappa shape index (κ2) is 9.64. The van der Waals surface area contributed by atoms with Crippen LogP contribution < -0.4 is 5.32 Å². The van der Waals surface area contributed by atoms with Crippen LogP contribution in [0.15, 0.2) is 91.9 Å². The molecule has 10 nitrogen and oxygen atoms in total. The summed E-state index contributed by atoms with van der Waals surface area (Å²) < 4.78 is 16.1. The summed E-state index contributed by atoms with van der Waals surface area (Å²) in [6, 6.07) is 14.6. The van der Waals surface area contributed by atoms with Gasteiger partial charge in [-0.05, 0) is 23.8 Å². The Morgan fingerprint density at radius 3 is 2.50 bits per heavy atom. The highest BCUT2D eigenvalue weighted by atomic mass is 19.1. The smallest absolute Gasteiger partial charge is 0.161 e. The molecule has 1 atom stereocenters. The number of fused-ring (bicyclic) bond motifs is 2. The van der Waals surface area contributed by atoms with E-state index in [-0.39, 0.29) is 11.1 Å². The van der Waals surface area contributed by atoms with Gasteiger partial charge in [0.05, 0.1) is 46.2 Å². The predicted octanol–water partition coefficient (Wildman–Crippen LogP) is 5.26. The highest BCUT2D eigenvalue weighted by Gasteiger charge is 2.21. The molecule has 0 saturated heterocycles. The van der Waals surface area contributed by atoms with Crippen molar-refractivity contribution in [3.05, 3.63) is 103 Å². The van der Waals surface area contributed by atoms with E-state index >= 15 is 4.39 Å². The van der Waals surface area contributed by atoms with E-state index in [0.29, 0.717) is 44.9 Å². The number of aromatic nitrogens is 8. The van der Waals surface area contributed by atoms with Gasteiger partial charge in [-0.1, -0.05) is 30.3 Å². The zero-order chi connectivity index (χ0) is 27.1.